The molecule has 0 aromatic carbocycles. The number of aromatic amines is 1. The smallest absolute Gasteiger partial charge is 0.263 e. The second-order valence-corrected chi connectivity index (χ2v) is 3.36. The molecule has 1 fully saturated rings. The molecule has 5 heteroatoms. The summed E-state index contributed by atoms with van der Waals surface area (Å²) in [5.74, 6) is 0.578. The van der Waals surface area contributed by atoms with Crippen LogP contribution in [0.4, 0.5) is 8.78 Å². The average Bonchev–Trinajstić information content (AvgIpc) is 2.75. The first-order valence-electron chi connectivity index (χ1n) is 4.47. The highest BCUT2D eigenvalue weighted by Gasteiger charge is 2.22. The molecule has 0 spiro atoms. The molecule has 0 aliphatic heterocycles. The van der Waals surface area contributed by atoms with Crippen molar-refractivity contribution in [3.05, 3.63) is 11.6 Å². The Morgan fingerprint density at radius 1 is 1.31 bits per heavy atom. The molecule has 0 saturated heterocycles. The molecule has 1 saturated carbocycles. The molecule has 0 amide bonds. The minimum absolute atomic E-state index is 0.319. The summed E-state index contributed by atoms with van der Waals surface area (Å²) in [5.41, 5.74) is 0. The SMILES string of the molecule is FC(F)c1n[nH]c(C2CCCC2)n1. The lowest BCUT2D eigenvalue weighted by atomic mass is 10.1. The van der Waals surface area contributed by atoms with Crippen molar-refractivity contribution in [1.29, 1.82) is 0 Å². The molecule has 0 unspecified atom stereocenters. The van der Waals surface area contributed by atoms with Crippen LogP contribution in [0.25, 0.3) is 0 Å². The van der Waals surface area contributed by atoms with Gasteiger partial charge >= 0.3 is 0 Å². The van der Waals surface area contributed by atoms with Crippen molar-refractivity contribution in [2.24, 2.45) is 0 Å². The molecule has 1 aromatic heterocycles. The number of hydrogen-bond donors (Lipinski definition) is 1. The maximum atomic E-state index is 12.1. The number of rotatable bonds is 2. The number of aromatic nitrogens is 3. The number of nitrogens with zero attached hydrogens (tertiary/aromatic N) is 2. The molecule has 1 heterocycles. The molecule has 0 bridgehead atoms. The molecule has 0 radical (unpaired) electrons. The summed E-state index contributed by atoms with van der Waals surface area (Å²) < 4.78 is 24.2. The number of alkyl halides is 2. The first kappa shape index (κ1) is 8.59. The van der Waals surface area contributed by atoms with E-state index in [1.807, 2.05) is 0 Å². The van der Waals surface area contributed by atoms with Crippen LogP contribution in [-0.4, -0.2) is 15.2 Å². The number of nitrogens with one attached hydrogen (secondary N) is 1. The molecule has 1 aliphatic carbocycles. The number of halogens is 2. The lowest BCUT2D eigenvalue weighted by molar-refractivity contribution is 0.140. The molecule has 72 valence electrons. The van der Waals surface area contributed by atoms with Gasteiger partial charge in [0.05, 0.1) is 0 Å². The molecule has 2 rings (SSSR count). The Labute approximate surface area is 74.6 Å². The first-order chi connectivity index (χ1) is 6.27. The third kappa shape index (κ3) is 1.68. The molecular weight excluding hydrogens is 176 g/mol. The van der Waals surface area contributed by atoms with Crippen LogP contribution in [0, 0.1) is 0 Å². The normalized spacial score (nSPS) is 18.7. The van der Waals surface area contributed by atoms with Gasteiger partial charge in [0.25, 0.3) is 6.43 Å². The Kier molecular flexibility index (Phi) is 2.24. The largest absolute Gasteiger partial charge is 0.299 e. The Morgan fingerprint density at radius 3 is 2.54 bits per heavy atom. The van der Waals surface area contributed by atoms with E-state index in [2.05, 4.69) is 15.2 Å². The summed E-state index contributed by atoms with van der Waals surface area (Å²) in [6.45, 7) is 0. The van der Waals surface area contributed by atoms with Gasteiger partial charge in [-0.2, -0.15) is 5.10 Å². The fourth-order valence-corrected chi connectivity index (χ4v) is 1.77. The minimum atomic E-state index is -2.56. The van der Waals surface area contributed by atoms with Crippen molar-refractivity contribution in [2.75, 3.05) is 0 Å². The summed E-state index contributed by atoms with van der Waals surface area (Å²) in [6.07, 6.45) is 1.84. The fraction of sp³-hybridized carbons (Fsp3) is 0.750. The molecule has 0 atom stereocenters. The molecule has 1 aliphatic rings. The third-order valence-electron chi connectivity index (χ3n) is 2.46. The lowest BCUT2D eigenvalue weighted by Gasteiger charge is -2.01. The van der Waals surface area contributed by atoms with Crippen LogP contribution in [0.15, 0.2) is 0 Å². The van der Waals surface area contributed by atoms with E-state index < -0.39 is 6.43 Å². The van der Waals surface area contributed by atoms with Crippen LogP contribution < -0.4 is 0 Å². The Morgan fingerprint density at radius 2 is 2.00 bits per heavy atom. The predicted octanol–water partition coefficient (Wildman–Crippen LogP) is 2.40. The van der Waals surface area contributed by atoms with Gasteiger partial charge in [0.15, 0.2) is 0 Å². The maximum Gasteiger partial charge on any atom is 0.299 e. The van der Waals surface area contributed by atoms with Crippen LogP contribution in [0.5, 0.6) is 0 Å². The van der Waals surface area contributed by atoms with E-state index in [1.54, 1.807) is 0 Å². The van der Waals surface area contributed by atoms with Gasteiger partial charge in [0, 0.05) is 5.92 Å². The van der Waals surface area contributed by atoms with Gasteiger partial charge in [0.1, 0.15) is 5.82 Å². The number of hydrogen-bond acceptors (Lipinski definition) is 2. The highest BCUT2D eigenvalue weighted by Crippen LogP contribution is 2.32. The zero-order chi connectivity index (χ0) is 9.26. The van der Waals surface area contributed by atoms with Gasteiger partial charge in [-0.15, -0.1) is 0 Å². The molecule has 1 aromatic rings. The molecule has 1 N–H and O–H groups in total. The van der Waals surface area contributed by atoms with Crippen molar-refractivity contribution >= 4 is 0 Å². The Bertz CT molecular complexity index is 279. The summed E-state index contributed by atoms with van der Waals surface area (Å²) in [6, 6.07) is 0. The molecule has 3 nitrogen and oxygen atoms in total. The monoisotopic (exact) mass is 187 g/mol. The third-order valence-corrected chi connectivity index (χ3v) is 2.46. The second kappa shape index (κ2) is 3.40. The zero-order valence-electron chi connectivity index (χ0n) is 7.13. The average molecular weight is 187 g/mol. The zero-order valence-corrected chi connectivity index (χ0v) is 7.13. The van der Waals surface area contributed by atoms with Gasteiger partial charge in [0.2, 0.25) is 5.82 Å². The molecule has 13 heavy (non-hydrogen) atoms. The van der Waals surface area contributed by atoms with Crippen molar-refractivity contribution in [3.8, 4) is 0 Å². The van der Waals surface area contributed by atoms with Crippen LogP contribution in [0.3, 0.4) is 0 Å². The van der Waals surface area contributed by atoms with Crippen molar-refractivity contribution in [2.45, 2.75) is 38.0 Å². The van der Waals surface area contributed by atoms with E-state index in [0.29, 0.717) is 11.7 Å². The van der Waals surface area contributed by atoms with E-state index in [1.165, 1.54) is 0 Å². The van der Waals surface area contributed by atoms with Crippen LogP contribution in [0.1, 0.15) is 49.7 Å². The number of H-pyrrole nitrogens is 1. The fourth-order valence-electron chi connectivity index (χ4n) is 1.77. The van der Waals surface area contributed by atoms with Crippen molar-refractivity contribution < 1.29 is 8.78 Å². The highest BCUT2D eigenvalue weighted by atomic mass is 19.3. The van der Waals surface area contributed by atoms with E-state index in [0.717, 1.165) is 25.7 Å². The van der Waals surface area contributed by atoms with E-state index in [4.69, 9.17) is 0 Å². The van der Waals surface area contributed by atoms with Crippen molar-refractivity contribution in [3.63, 3.8) is 0 Å². The van der Waals surface area contributed by atoms with Gasteiger partial charge in [-0.05, 0) is 12.8 Å². The second-order valence-electron chi connectivity index (χ2n) is 3.36. The topological polar surface area (TPSA) is 41.6 Å². The van der Waals surface area contributed by atoms with Gasteiger partial charge in [-0.3, -0.25) is 5.10 Å². The maximum absolute atomic E-state index is 12.1. The van der Waals surface area contributed by atoms with Gasteiger partial charge < -0.3 is 0 Å². The van der Waals surface area contributed by atoms with Gasteiger partial charge in [-0.1, -0.05) is 12.8 Å². The summed E-state index contributed by atoms with van der Waals surface area (Å²) in [5, 5.41) is 6.06. The predicted molar refractivity (Wildman–Crippen MR) is 42.5 cm³/mol. The quantitative estimate of drug-likeness (QED) is 0.772. The Balaban J connectivity index is 2.12. The summed E-state index contributed by atoms with van der Waals surface area (Å²) in [4.78, 5) is 3.78. The highest BCUT2D eigenvalue weighted by molar-refractivity contribution is 5.00. The summed E-state index contributed by atoms with van der Waals surface area (Å²) in [7, 11) is 0. The minimum Gasteiger partial charge on any atom is -0.263 e. The first-order valence-corrected chi connectivity index (χ1v) is 4.47. The summed E-state index contributed by atoms with van der Waals surface area (Å²) >= 11 is 0. The van der Waals surface area contributed by atoms with E-state index in [-0.39, 0.29) is 5.82 Å². The van der Waals surface area contributed by atoms with Gasteiger partial charge in [-0.25, -0.2) is 13.8 Å². The van der Waals surface area contributed by atoms with E-state index in [9.17, 15) is 8.78 Å². The van der Waals surface area contributed by atoms with E-state index >= 15 is 0 Å². The van der Waals surface area contributed by atoms with Crippen LogP contribution >= 0.6 is 0 Å². The van der Waals surface area contributed by atoms with Crippen LogP contribution in [0.2, 0.25) is 0 Å². The lowest BCUT2D eigenvalue weighted by Crippen LogP contribution is -1.95. The molecular formula is C8H11F2N3. The van der Waals surface area contributed by atoms with Crippen LogP contribution in [-0.2, 0) is 0 Å². The van der Waals surface area contributed by atoms with Crippen molar-refractivity contribution in [1.82, 2.24) is 15.2 Å². The standard InChI is InChI=1S/C8H11F2N3/c9-6(10)8-11-7(12-13-8)5-3-1-2-4-5/h5-6H,1-4H2,(H,11,12,13). The Hall–Kier alpha value is -1.00.